The van der Waals surface area contributed by atoms with Crippen LogP contribution in [-0.4, -0.2) is 39.7 Å². The summed E-state index contributed by atoms with van der Waals surface area (Å²) in [5.41, 5.74) is 0. The molecule has 3 N–H and O–H groups in total. The van der Waals surface area contributed by atoms with Gasteiger partial charge < -0.3 is 15.3 Å². The average Bonchev–Trinajstić information content (AvgIpc) is 2.85. The molecule has 0 aromatic rings. The summed E-state index contributed by atoms with van der Waals surface area (Å²) in [7, 11) is 0. The highest BCUT2D eigenvalue weighted by atomic mass is 19.1. The van der Waals surface area contributed by atoms with E-state index in [1.807, 2.05) is 0 Å². The zero-order valence-electron chi connectivity index (χ0n) is 14.3. The first-order chi connectivity index (χ1) is 11.0. The van der Waals surface area contributed by atoms with Gasteiger partial charge in [-0.05, 0) is 63.2 Å². The third kappa shape index (κ3) is 7.62. The summed E-state index contributed by atoms with van der Waals surface area (Å²) < 4.78 is 13.0. The molecular weight excluding hydrogens is 299 g/mol. The normalized spacial score (nSPS) is 27.0. The third-order valence-electron chi connectivity index (χ3n) is 5.19. The van der Waals surface area contributed by atoms with Crippen LogP contribution >= 0.6 is 0 Å². The maximum absolute atomic E-state index is 13.0. The molecule has 1 aliphatic carbocycles. The first kappa shape index (κ1) is 20.4. The minimum absolute atomic E-state index is 0.0786. The number of aliphatic hydroxyl groups excluding tert-OH is 2. The van der Waals surface area contributed by atoms with Gasteiger partial charge in [-0.3, -0.25) is 0 Å². The van der Waals surface area contributed by atoms with Crippen LogP contribution in [0.5, 0.6) is 0 Å². The maximum Gasteiger partial charge on any atom is 0.338 e. The maximum atomic E-state index is 13.0. The summed E-state index contributed by atoms with van der Waals surface area (Å²) in [5.74, 6) is -0.615. The summed E-state index contributed by atoms with van der Waals surface area (Å²) in [6.45, 7) is 2.07. The Balaban J connectivity index is 2.22. The van der Waals surface area contributed by atoms with E-state index >= 15 is 0 Å². The largest absolute Gasteiger partial charge is 0.479 e. The number of carboxylic acid groups (broad SMARTS) is 1. The molecule has 1 saturated carbocycles. The Kier molecular flexibility index (Phi) is 9.72. The van der Waals surface area contributed by atoms with Gasteiger partial charge in [0.05, 0.1) is 12.2 Å². The Morgan fingerprint density at radius 2 is 1.87 bits per heavy atom. The molecule has 4 nitrogen and oxygen atoms in total. The second-order valence-corrected chi connectivity index (χ2v) is 7.03. The molecule has 0 aliphatic heterocycles. The van der Waals surface area contributed by atoms with Crippen molar-refractivity contribution in [3.05, 3.63) is 0 Å². The Hall–Kier alpha value is -0.680. The number of halogens is 1. The molecule has 1 rings (SSSR count). The molecule has 0 aromatic carbocycles. The molecule has 0 spiro atoms. The predicted octanol–water partition coefficient (Wildman–Crippen LogP) is 3.69. The van der Waals surface area contributed by atoms with Gasteiger partial charge in [0.15, 0.2) is 6.17 Å². The SMILES string of the molecule is CCCC(O)CC[C@H]1CC[C@H](O)[C@@H]1CCCCCC(F)C(=O)O. The van der Waals surface area contributed by atoms with Gasteiger partial charge in [0.2, 0.25) is 0 Å². The van der Waals surface area contributed by atoms with Crippen molar-refractivity contribution < 1.29 is 24.5 Å². The highest BCUT2D eigenvalue weighted by Gasteiger charge is 2.34. The zero-order valence-corrected chi connectivity index (χ0v) is 14.3. The summed E-state index contributed by atoms with van der Waals surface area (Å²) in [5, 5.41) is 28.5. The molecule has 0 saturated heterocycles. The molecule has 0 radical (unpaired) electrons. The van der Waals surface area contributed by atoms with Crippen LogP contribution in [-0.2, 0) is 4.79 Å². The number of aliphatic hydroxyl groups is 2. The van der Waals surface area contributed by atoms with Crippen molar-refractivity contribution in [3.8, 4) is 0 Å². The number of unbranched alkanes of at least 4 members (excludes halogenated alkanes) is 2. The molecule has 1 fully saturated rings. The molecule has 136 valence electrons. The van der Waals surface area contributed by atoms with Gasteiger partial charge in [-0.2, -0.15) is 0 Å². The van der Waals surface area contributed by atoms with E-state index < -0.39 is 12.1 Å². The molecule has 23 heavy (non-hydrogen) atoms. The van der Waals surface area contributed by atoms with Crippen molar-refractivity contribution in [2.75, 3.05) is 0 Å². The molecule has 5 heteroatoms. The van der Waals surface area contributed by atoms with E-state index in [0.29, 0.717) is 12.3 Å². The first-order valence-electron chi connectivity index (χ1n) is 9.18. The fraction of sp³-hybridized carbons (Fsp3) is 0.944. The fourth-order valence-corrected chi connectivity index (χ4v) is 3.80. The Morgan fingerprint density at radius 3 is 2.52 bits per heavy atom. The summed E-state index contributed by atoms with van der Waals surface area (Å²) in [4.78, 5) is 10.4. The third-order valence-corrected chi connectivity index (χ3v) is 5.19. The Labute approximate surface area is 139 Å². The highest BCUT2D eigenvalue weighted by Crippen LogP contribution is 2.39. The lowest BCUT2D eigenvalue weighted by Crippen LogP contribution is -2.20. The molecule has 0 aromatic heterocycles. The van der Waals surface area contributed by atoms with Gasteiger partial charge in [-0.25, -0.2) is 9.18 Å². The topological polar surface area (TPSA) is 77.8 Å². The quantitative estimate of drug-likeness (QED) is 0.476. The monoisotopic (exact) mass is 332 g/mol. The van der Waals surface area contributed by atoms with Gasteiger partial charge in [0.25, 0.3) is 0 Å². The van der Waals surface area contributed by atoms with Crippen LogP contribution < -0.4 is 0 Å². The van der Waals surface area contributed by atoms with Gasteiger partial charge in [-0.15, -0.1) is 0 Å². The van der Waals surface area contributed by atoms with Gasteiger partial charge in [0.1, 0.15) is 0 Å². The summed E-state index contributed by atoms with van der Waals surface area (Å²) >= 11 is 0. The van der Waals surface area contributed by atoms with E-state index in [1.54, 1.807) is 0 Å². The van der Waals surface area contributed by atoms with Crippen molar-refractivity contribution in [3.63, 3.8) is 0 Å². The van der Waals surface area contributed by atoms with Crippen molar-refractivity contribution in [1.82, 2.24) is 0 Å². The lowest BCUT2D eigenvalue weighted by Gasteiger charge is -2.23. The minimum Gasteiger partial charge on any atom is -0.479 e. The molecule has 0 amide bonds. The Morgan fingerprint density at radius 1 is 1.13 bits per heavy atom. The number of alkyl halides is 1. The van der Waals surface area contributed by atoms with Crippen LogP contribution in [0.2, 0.25) is 0 Å². The molecule has 2 unspecified atom stereocenters. The zero-order chi connectivity index (χ0) is 17.2. The lowest BCUT2D eigenvalue weighted by molar-refractivity contribution is -0.143. The van der Waals surface area contributed by atoms with Crippen molar-refractivity contribution in [2.45, 2.75) is 95.9 Å². The molecule has 5 atom stereocenters. The van der Waals surface area contributed by atoms with Crippen LogP contribution in [0.1, 0.15) is 77.6 Å². The van der Waals surface area contributed by atoms with E-state index in [1.165, 1.54) is 0 Å². The number of carboxylic acids is 1. The molecular formula is C18H33FO4. The first-order valence-corrected chi connectivity index (χ1v) is 9.18. The molecule has 1 aliphatic rings. The van der Waals surface area contributed by atoms with Crippen LogP contribution in [0, 0.1) is 11.8 Å². The van der Waals surface area contributed by atoms with Gasteiger partial charge >= 0.3 is 5.97 Å². The van der Waals surface area contributed by atoms with Crippen LogP contribution in [0.3, 0.4) is 0 Å². The second-order valence-electron chi connectivity index (χ2n) is 7.03. The smallest absolute Gasteiger partial charge is 0.338 e. The van der Waals surface area contributed by atoms with Crippen molar-refractivity contribution >= 4 is 5.97 Å². The molecule has 0 heterocycles. The number of carbonyl (C=O) groups is 1. The van der Waals surface area contributed by atoms with E-state index in [2.05, 4.69) is 6.92 Å². The second kappa shape index (κ2) is 11.0. The minimum atomic E-state index is -1.75. The van der Waals surface area contributed by atoms with E-state index in [4.69, 9.17) is 5.11 Å². The standard InChI is InChI=1S/C18H33FO4/c1-2-6-14(20)11-9-13-10-12-17(21)15(13)7-4-3-5-8-16(19)18(22)23/h13-17,20-21H,2-12H2,1H3,(H,22,23)/t13-,14?,15+,16?,17-/m0/s1. The van der Waals surface area contributed by atoms with Crippen molar-refractivity contribution in [2.24, 2.45) is 11.8 Å². The Bertz CT molecular complexity index is 337. The van der Waals surface area contributed by atoms with Crippen LogP contribution in [0.25, 0.3) is 0 Å². The van der Waals surface area contributed by atoms with Crippen LogP contribution in [0.4, 0.5) is 4.39 Å². The van der Waals surface area contributed by atoms with Crippen LogP contribution in [0.15, 0.2) is 0 Å². The predicted molar refractivity (Wildman–Crippen MR) is 88.0 cm³/mol. The number of aliphatic carboxylic acids is 1. The van der Waals surface area contributed by atoms with Gasteiger partial charge in [0, 0.05) is 0 Å². The van der Waals surface area contributed by atoms with E-state index in [0.717, 1.165) is 57.8 Å². The number of rotatable bonds is 12. The van der Waals surface area contributed by atoms with E-state index in [9.17, 15) is 19.4 Å². The summed E-state index contributed by atoms with van der Waals surface area (Å²) in [6.07, 6.45) is 6.53. The highest BCUT2D eigenvalue weighted by molar-refractivity contribution is 5.71. The average molecular weight is 332 g/mol. The summed E-state index contributed by atoms with van der Waals surface area (Å²) in [6, 6.07) is 0. The molecule has 0 bridgehead atoms. The lowest BCUT2D eigenvalue weighted by atomic mass is 9.85. The van der Waals surface area contributed by atoms with Gasteiger partial charge in [-0.1, -0.05) is 26.2 Å². The number of hydrogen-bond acceptors (Lipinski definition) is 3. The van der Waals surface area contributed by atoms with Crippen molar-refractivity contribution in [1.29, 1.82) is 0 Å². The number of hydrogen-bond donors (Lipinski definition) is 3. The fourth-order valence-electron chi connectivity index (χ4n) is 3.80. The van der Waals surface area contributed by atoms with E-state index in [-0.39, 0.29) is 24.5 Å².